The highest BCUT2D eigenvalue weighted by Crippen LogP contribution is 2.41. The quantitative estimate of drug-likeness (QED) is 0.708. The van der Waals surface area contributed by atoms with Gasteiger partial charge in [-0.25, -0.2) is 0 Å². The molecular formula is C13H13NO2. The van der Waals surface area contributed by atoms with Gasteiger partial charge in [-0.2, -0.15) is 0 Å². The van der Waals surface area contributed by atoms with E-state index in [9.17, 15) is 9.59 Å². The van der Waals surface area contributed by atoms with Crippen molar-refractivity contribution >= 4 is 17.9 Å². The highest BCUT2D eigenvalue weighted by Gasteiger charge is 2.45. The second-order valence-electron chi connectivity index (χ2n) is 4.58. The topological polar surface area (TPSA) is 37.4 Å². The maximum absolute atomic E-state index is 12.0. The molecule has 1 saturated carbocycles. The van der Waals surface area contributed by atoms with Gasteiger partial charge in [0.15, 0.2) is 0 Å². The third kappa shape index (κ3) is 1.28. The van der Waals surface area contributed by atoms with Gasteiger partial charge in [-0.15, -0.1) is 0 Å². The van der Waals surface area contributed by atoms with Gasteiger partial charge < -0.3 is 4.90 Å². The van der Waals surface area contributed by atoms with Crippen molar-refractivity contribution in [3.8, 4) is 0 Å². The van der Waals surface area contributed by atoms with Crippen molar-refractivity contribution in [2.75, 3.05) is 4.90 Å². The van der Waals surface area contributed by atoms with Crippen molar-refractivity contribution < 1.29 is 9.59 Å². The Morgan fingerprint density at radius 3 is 2.50 bits per heavy atom. The molecular weight excluding hydrogens is 202 g/mol. The summed E-state index contributed by atoms with van der Waals surface area (Å²) >= 11 is 0. The van der Waals surface area contributed by atoms with Crippen LogP contribution < -0.4 is 4.90 Å². The lowest BCUT2D eigenvalue weighted by molar-refractivity contribution is -0.121. The predicted molar refractivity (Wildman–Crippen MR) is 60.4 cm³/mol. The van der Waals surface area contributed by atoms with Crippen molar-refractivity contribution in [1.29, 1.82) is 0 Å². The molecule has 1 aliphatic heterocycles. The largest absolute Gasteiger partial charge is 0.309 e. The van der Waals surface area contributed by atoms with Gasteiger partial charge in [0, 0.05) is 23.2 Å². The first-order chi connectivity index (χ1) is 7.79. The van der Waals surface area contributed by atoms with Crippen molar-refractivity contribution in [3.63, 3.8) is 0 Å². The number of carbonyl (C=O) groups excluding carboxylic acids is 2. The van der Waals surface area contributed by atoms with Gasteiger partial charge in [-0.3, -0.25) is 9.59 Å². The molecule has 16 heavy (non-hydrogen) atoms. The summed E-state index contributed by atoms with van der Waals surface area (Å²) < 4.78 is 0. The van der Waals surface area contributed by atoms with E-state index >= 15 is 0 Å². The molecule has 1 aromatic rings. The molecule has 1 aromatic carbocycles. The van der Waals surface area contributed by atoms with Gasteiger partial charge in [0.2, 0.25) is 5.91 Å². The Hall–Kier alpha value is -1.64. The molecule has 0 N–H and O–H groups in total. The molecule has 1 saturated heterocycles. The molecule has 3 nitrogen and oxygen atoms in total. The number of amides is 1. The number of piperidine rings is 1. The van der Waals surface area contributed by atoms with Gasteiger partial charge in [0.05, 0.1) is 0 Å². The molecule has 2 bridgehead atoms. The maximum atomic E-state index is 12.0. The van der Waals surface area contributed by atoms with Crippen molar-refractivity contribution in [3.05, 3.63) is 29.8 Å². The zero-order valence-corrected chi connectivity index (χ0v) is 8.93. The van der Waals surface area contributed by atoms with Crippen LogP contribution in [-0.4, -0.2) is 18.2 Å². The monoisotopic (exact) mass is 215 g/mol. The third-order valence-electron chi connectivity index (χ3n) is 3.66. The number of rotatable bonds is 2. The van der Waals surface area contributed by atoms with E-state index in [1.807, 2.05) is 17.0 Å². The predicted octanol–water partition coefficient (Wildman–Crippen LogP) is 2.01. The van der Waals surface area contributed by atoms with Crippen molar-refractivity contribution in [2.24, 2.45) is 5.92 Å². The molecule has 3 rings (SSSR count). The Morgan fingerprint density at radius 1 is 1.19 bits per heavy atom. The Balaban J connectivity index is 1.92. The second-order valence-corrected chi connectivity index (χ2v) is 4.58. The number of fused-ring (bicyclic) bond motifs is 2. The summed E-state index contributed by atoms with van der Waals surface area (Å²) in [7, 11) is 0. The first kappa shape index (κ1) is 9.58. The Bertz CT molecular complexity index is 438. The minimum Gasteiger partial charge on any atom is -0.309 e. The second kappa shape index (κ2) is 3.44. The normalized spacial score (nSPS) is 27.5. The molecule has 2 unspecified atom stereocenters. The summed E-state index contributed by atoms with van der Waals surface area (Å²) in [5, 5.41) is 0. The van der Waals surface area contributed by atoms with Crippen LogP contribution in [0, 0.1) is 5.92 Å². The number of aldehydes is 1. The van der Waals surface area contributed by atoms with Crippen molar-refractivity contribution in [2.45, 2.75) is 25.3 Å². The van der Waals surface area contributed by atoms with Crippen LogP contribution in [0.15, 0.2) is 24.3 Å². The van der Waals surface area contributed by atoms with Crippen molar-refractivity contribution in [1.82, 2.24) is 0 Å². The van der Waals surface area contributed by atoms with E-state index in [1.54, 1.807) is 12.1 Å². The third-order valence-corrected chi connectivity index (χ3v) is 3.66. The SMILES string of the molecule is O=Cc1ccc(N2C(=O)C3CCC2C3)cc1. The van der Waals surface area contributed by atoms with E-state index in [0.29, 0.717) is 11.6 Å². The van der Waals surface area contributed by atoms with Crippen LogP contribution in [0.4, 0.5) is 5.69 Å². The highest BCUT2D eigenvalue weighted by atomic mass is 16.2. The Morgan fingerprint density at radius 2 is 1.94 bits per heavy atom. The Kier molecular flexibility index (Phi) is 2.06. The van der Waals surface area contributed by atoms with Crippen LogP contribution in [0.1, 0.15) is 29.6 Å². The van der Waals surface area contributed by atoms with Crippen LogP contribution >= 0.6 is 0 Å². The standard InChI is InChI=1S/C13H13NO2/c15-8-9-1-4-11(5-2-9)14-12-6-3-10(7-12)13(14)16/h1-2,4-5,8,10,12H,3,6-7H2. The fourth-order valence-corrected chi connectivity index (χ4v) is 2.84. The molecule has 0 aromatic heterocycles. The summed E-state index contributed by atoms with van der Waals surface area (Å²) in [6, 6.07) is 7.65. The average molecular weight is 215 g/mol. The molecule has 2 aliphatic rings. The zero-order valence-electron chi connectivity index (χ0n) is 8.93. The van der Waals surface area contributed by atoms with E-state index in [4.69, 9.17) is 0 Å². The van der Waals surface area contributed by atoms with Gasteiger partial charge >= 0.3 is 0 Å². The number of hydrogen-bond donors (Lipinski definition) is 0. The van der Waals surface area contributed by atoms with Crippen LogP contribution in [0.2, 0.25) is 0 Å². The lowest BCUT2D eigenvalue weighted by Gasteiger charge is -2.27. The number of carbonyl (C=O) groups is 2. The molecule has 3 heteroatoms. The Labute approximate surface area is 94.1 Å². The molecule has 2 fully saturated rings. The van der Waals surface area contributed by atoms with E-state index < -0.39 is 0 Å². The summed E-state index contributed by atoms with van der Waals surface area (Å²) in [4.78, 5) is 24.4. The van der Waals surface area contributed by atoms with Gasteiger partial charge in [0.1, 0.15) is 6.29 Å². The fraction of sp³-hybridized carbons (Fsp3) is 0.385. The summed E-state index contributed by atoms with van der Waals surface area (Å²) in [5.41, 5.74) is 1.59. The first-order valence-corrected chi connectivity index (χ1v) is 5.68. The van der Waals surface area contributed by atoms with Gasteiger partial charge in [-0.1, -0.05) is 0 Å². The molecule has 2 atom stereocenters. The van der Waals surface area contributed by atoms with Crippen LogP contribution in [0.3, 0.4) is 0 Å². The number of nitrogens with zero attached hydrogens (tertiary/aromatic N) is 1. The minimum absolute atomic E-state index is 0.246. The first-order valence-electron chi connectivity index (χ1n) is 5.68. The number of anilines is 1. The van der Waals surface area contributed by atoms with Crippen LogP contribution in [0.25, 0.3) is 0 Å². The summed E-state index contributed by atoms with van der Waals surface area (Å²) in [5.74, 6) is 0.505. The van der Waals surface area contributed by atoms with E-state index in [0.717, 1.165) is 31.2 Å². The van der Waals surface area contributed by atoms with Gasteiger partial charge in [0.25, 0.3) is 0 Å². The number of benzene rings is 1. The smallest absolute Gasteiger partial charge is 0.230 e. The van der Waals surface area contributed by atoms with Crippen LogP contribution in [-0.2, 0) is 4.79 Å². The lowest BCUT2D eigenvalue weighted by atomic mass is 10.1. The molecule has 1 heterocycles. The summed E-state index contributed by atoms with van der Waals surface area (Å²) in [6.07, 6.45) is 3.99. The molecule has 0 spiro atoms. The van der Waals surface area contributed by atoms with E-state index in [-0.39, 0.29) is 11.8 Å². The van der Waals surface area contributed by atoms with E-state index in [1.165, 1.54) is 0 Å². The van der Waals surface area contributed by atoms with E-state index in [2.05, 4.69) is 0 Å². The average Bonchev–Trinajstić information content (AvgIpc) is 2.90. The van der Waals surface area contributed by atoms with Gasteiger partial charge in [-0.05, 0) is 43.5 Å². The molecule has 1 aliphatic carbocycles. The fourth-order valence-electron chi connectivity index (χ4n) is 2.84. The molecule has 0 radical (unpaired) electrons. The highest BCUT2D eigenvalue weighted by molar-refractivity contribution is 5.99. The number of hydrogen-bond acceptors (Lipinski definition) is 2. The minimum atomic E-state index is 0.246. The maximum Gasteiger partial charge on any atom is 0.230 e. The summed E-state index contributed by atoms with van der Waals surface area (Å²) in [6.45, 7) is 0. The lowest BCUT2D eigenvalue weighted by Crippen LogP contribution is -2.36. The van der Waals surface area contributed by atoms with Crippen LogP contribution in [0.5, 0.6) is 0 Å². The molecule has 82 valence electrons. The zero-order chi connectivity index (χ0) is 11.1. The molecule has 1 amide bonds.